The Morgan fingerprint density at radius 2 is 1.79 bits per heavy atom. The van der Waals surface area contributed by atoms with Crippen molar-refractivity contribution < 1.29 is 14.3 Å². The molecule has 3 rings (SSSR count). The summed E-state index contributed by atoms with van der Waals surface area (Å²) in [6.45, 7) is 4.59. The minimum absolute atomic E-state index is 0.160. The molecule has 0 saturated heterocycles. The van der Waals surface area contributed by atoms with Gasteiger partial charge in [0, 0.05) is 35.8 Å². The summed E-state index contributed by atoms with van der Waals surface area (Å²) in [5.74, 6) is 1.82. The van der Waals surface area contributed by atoms with Crippen molar-refractivity contribution in [3.63, 3.8) is 0 Å². The molecule has 1 aromatic heterocycles. The molecule has 0 radical (unpaired) electrons. The number of hydrogen-bond donors (Lipinski definition) is 2. The van der Waals surface area contributed by atoms with Crippen molar-refractivity contribution in [2.45, 2.75) is 24.3 Å². The fraction of sp³-hybridized carbons (Fsp3) is 0.286. The number of anilines is 2. The molecule has 3 aromatic rings. The second-order valence-electron chi connectivity index (χ2n) is 6.25. The number of amides is 1. The zero-order valence-electron chi connectivity index (χ0n) is 16.9. The number of thioether (sulfide) groups is 1. The van der Waals surface area contributed by atoms with Gasteiger partial charge in [-0.15, -0.1) is 0 Å². The minimum Gasteiger partial charge on any atom is -0.497 e. The van der Waals surface area contributed by atoms with Gasteiger partial charge in [-0.3, -0.25) is 4.79 Å². The van der Waals surface area contributed by atoms with Crippen LogP contribution in [0.1, 0.15) is 13.8 Å². The van der Waals surface area contributed by atoms with E-state index in [-0.39, 0.29) is 5.91 Å². The van der Waals surface area contributed by atoms with Crippen molar-refractivity contribution in [1.82, 2.24) is 9.97 Å². The summed E-state index contributed by atoms with van der Waals surface area (Å²) >= 11 is 1.31. The van der Waals surface area contributed by atoms with Gasteiger partial charge in [0.1, 0.15) is 17.3 Å². The molecular weight excluding hydrogens is 388 g/mol. The molecule has 8 heteroatoms. The predicted octanol–water partition coefficient (Wildman–Crippen LogP) is 4.20. The molecule has 1 atom stereocenters. The smallest absolute Gasteiger partial charge is 0.237 e. The SMILES string of the molecule is CCNc1nc(SC(C)C(=O)Nc2cc(OC)cc(OC)c2)nc2ccccc12. The number of hydrogen-bond acceptors (Lipinski definition) is 7. The molecule has 152 valence electrons. The van der Waals surface area contributed by atoms with Crippen LogP contribution in [0.15, 0.2) is 47.6 Å². The molecule has 0 aliphatic carbocycles. The summed E-state index contributed by atoms with van der Waals surface area (Å²) in [7, 11) is 3.13. The van der Waals surface area contributed by atoms with E-state index in [2.05, 4.69) is 20.6 Å². The molecule has 0 aliphatic rings. The van der Waals surface area contributed by atoms with Gasteiger partial charge in [0.25, 0.3) is 0 Å². The van der Waals surface area contributed by atoms with E-state index in [1.165, 1.54) is 11.8 Å². The zero-order chi connectivity index (χ0) is 20.8. The molecule has 0 saturated carbocycles. The first kappa shape index (κ1) is 20.7. The van der Waals surface area contributed by atoms with Crippen molar-refractivity contribution in [2.75, 3.05) is 31.4 Å². The number of methoxy groups -OCH3 is 2. The lowest BCUT2D eigenvalue weighted by atomic mass is 10.2. The molecule has 2 N–H and O–H groups in total. The molecule has 7 nitrogen and oxygen atoms in total. The van der Waals surface area contributed by atoms with Crippen LogP contribution < -0.4 is 20.1 Å². The number of nitrogens with zero attached hydrogens (tertiary/aromatic N) is 2. The van der Waals surface area contributed by atoms with Gasteiger partial charge in [0.05, 0.1) is 25.0 Å². The summed E-state index contributed by atoms with van der Waals surface area (Å²) in [5.41, 5.74) is 1.44. The van der Waals surface area contributed by atoms with Crippen LogP contribution in [0.25, 0.3) is 10.9 Å². The molecule has 0 bridgehead atoms. The van der Waals surface area contributed by atoms with Crippen LogP contribution in [-0.4, -0.2) is 41.9 Å². The average molecular weight is 413 g/mol. The minimum atomic E-state index is -0.400. The monoisotopic (exact) mass is 412 g/mol. The molecule has 1 amide bonds. The van der Waals surface area contributed by atoms with E-state index >= 15 is 0 Å². The highest BCUT2D eigenvalue weighted by molar-refractivity contribution is 8.00. The van der Waals surface area contributed by atoms with E-state index in [1.54, 1.807) is 32.4 Å². The van der Waals surface area contributed by atoms with Crippen LogP contribution in [-0.2, 0) is 4.79 Å². The molecule has 2 aromatic carbocycles. The molecule has 1 unspecified atom stereocenters. The van der Waals surface area contributed by atoms with E-state index in [0.29, 0.717) is 22.3 Å². The largest absolute Gasteiger partial charge is 0.497 e. The first-order chi connectivity index (χ1) is 14.0. The van der Waals surface area contributed by atoms with Gasteiger partial charge in [0.2, 0.25) is 5.91 Å². The number of para-hydroxylation sites is 1. The molecule has 0 aliphatic heterocycles. The molecule has 1 heterocycles. The maximum absolute atomic E-state index is 12.7. The van der Waals surface area contributed by atoms with E-state index < -0.39 is 5.25 Å². The lowest BCUT2D eigenvalue weighted by Crippen LogP contribution is -2.22. The quantitative estimate of drug-likeness (QED) is 0.424. The third-order valence-electron chi connectivity index (χ3n) is 4.20. The summed E-state index contributed by atoms with van der Waals surface area (Å²) in [6.07, 6.45) is 0. The maximum Gasteiger partial charge on any atom is 0.237 e. The maximum atomic E-state index is 12.7. The van der Waals surface area contributed by atoms with Gasteiger partial charge in [-0.1, -0.05) is 23.9 Å². The van der Waals surface area contributed by atoms with Gasteiger partial charge in [-0.25, -0.2) is 9.97 Å². The molecule has 0 spiro atoms. The van der Waals surface area contributed by atoms with Crippen molar-refractivity contribution in [3.8, 4) is 11.5 Å². The van der Waals surface area contributed by atoms with Crippen molar-refractivity contribution >= 4 is 40.1 Å². The lowest BCUT2D eigenvalue weighted by Gasteiger charge is -2.14. The number of nitrogens with one attached hydrogen (secondary N) is 2. The summed E-state index contributed by atoms with van der Waals surface area (Å²) in [4.78, 5) is 21.9. The van der Waals surface area contributed by atoms with Crippen LogP contribution >= 0.6 is 11.8 Å². The number of ether oxygens (including phenoxy) is 2. The Morgan fingerprint density at radius 1 is 1.10 bits per heavy atom. The summed E-state index contributed by atoms with van der Waals surface area (Å²) in [6, 6.07) is 13.0. The summed E-state index contributed by atoms with van der Waals surface area (Å²) < 4.78 is 10.5. The number of carbonyl (C=O) groups excluding carboxylic acids is 1. The zero-order valence-corrected chi connectivity index (χ0v) is 17.7. The lowest BCUT2D eigenvalue weighted by molar-refractivity contribution is -0.115. The molecule has 0 fully saturated rings. The van der Waals surface area contributed by atoms with Crippen molar-refractivity contribution in [2.24, 2.45) is 0 Å². The van der Waals surface area contributed by atoms with E-state index in [4.69, 9.17) is 9.47 Å². The van der Waals surface area contributed by atoms with E-state index in [1.807, 2.05) is 38.1 Å². The van der Waals surface area contributed by atoms with Crippen LogP contribution in [0.5, 0.6) is 11.5 Å². The predicted molar refractivity (Wildman–Crippen MR) is 117 cm³/mol. The molecular formula is C21H24N4O3S. The highest BCUT2D eigenvalue weighted by atomic mass is 32.2. The van der Waals surface area contributed by atoms with E-state index in [9.17, 15) is 4.79 Å². The Labute approximate surface area is 174 Å². The highest BCUT2D eigenvalue weighted by Gasteiger charge is 2.18. The standard InChI is InChI=1S/C21H24N4O3S/c1-5-22-19-17-8-6-7-9-18(17)24-21(25-19)29-13(2)20(26)23-14-10-15(27-3)12-16(11-14)28-4/h6-13H,5H2,1-4H3,(H,23,26)(H,22,24,25). The number of benzene rings is 2. The third kappa shape index (κ3) is 5.08. The van der Waals surface area contributed by atoms with Crippen molar-refractivity contribution in [1.29, 1.82) is 0 Å². The van der Waals surface area contributed by atoms with Crippen LogP contribution in [0.2, 0.25) is 0 Å². The van der Waals surface area contributed by atoms with Crippen LogP contribution in [0, 0.1) is 0 Å². The van der Waals surface area contributed by atoms with Gasteiger partial charge in [0.15, 0.2) is 5.16 Å². The number of fused-ring (bicyclic) bond motifs is 1. The Morgan fingerprint density at radius 3 is 2.45 bits per heavy atom. The second kappa shape index (κ2) is 9.47. The number of carbonyl (C=O) groups is 1. The Kier molecular flexibility index (Phi) is 6.77. The Hall–Kier alpha value is -3.00. The number of aromatic nitrogens is 2. The second-order valence-corrected chi connectivity index (χ2v) is 7.56. The fourth-order valence-electron chi connectivity index (χ4n) is 2.75. The van der Waals surface area contributed by atoms with Crippen molar-refractivity contribution in [3.05, 3.63) is 42.5 Å². The first-order valence-corrected chi connectivity index (χ1v) is 10.1. The Bertz CT molecular complexity index is 990. The van der Waals surface area contributed by atoms with Crippen LogP contribution in [0.4, 0.5) is 11.5 Å². The third-order valence-corrected chi connectivity index (χ3v) is 5.16. The Balaban J connectivity index is 1.77. The molecule has 29 heavy (non-hydrogen) atoms. The van der Waals surface area contributed by atoms with Crippen LogP contribution in [0.3, 0.4) is 0 Å². The topological polar surface area (TPSA) is 85.4 Å². The first-order valence-electron chi connectivity index (χ1n) is 9.25. The van der Waals surface area contributed by atoms with Gasteiger partial charge < -0.3 is 20.1 Å². The van der Waals surface area contributed by atoms with Gasteiger partial charge in [-0.2, -0.15) is 0 Å². The highest BCUT2D eigenvalue weighted by Crippen LogP contribution is 2.29. The van der Waals surface area contributed by atoms with Gasteiger partial charge in [-0.05, 0) is 26.0 Å². The van der Waals surface area contributed by atoms with E-state index in [0.717, 1.165) is 23.3 Å². The average Bonchev–Trinajstić information content (AvgIpc) is 2.73. The van der Waals surface area contributed by atoms with Gasteiger partial charge >= 0.3 is 0 Å². The summed E-state index contributed by atoms with van der Waals surface area (Å²) in [5, 5.41) is 7.27. The number of rotatable bonds is 8. The normalized spacial score (nSPS) is 11.7. The fourth-order valence-corrected chi connectivity index (χ4v) is 3.52.